The number of Topliss-reactive ketones (excluding diaryl/α,β-unsaturated/α-hetero) is 2. The van der Waals surface area contributed by atoms with Crippen molar-refractivity contribution >= 4 is 113 Å². The molecule has 11 atom stereocenters. The van der Waals surface area contributed by atoms with Crippen LogP contribution in [-0.4, -0.2) is 160 Å². The van der Waals surface area contributed by atoms with Gasteiger partial charge in [-0.3, -0.25) is 38.5 Å². The Bertz CT molecular complexity index is 3230. The van der Waals surface area contributed by atoms with Crippen molar-refractivity contribution in [1.29, 1.82) is 0 Å². The van der Waals surface area contributed by atoms with Crippen LogP contribution in [0, 0.1) is 30.6 Å². The number of esters is 3. The Hall–Kier alpha value is -6.11. The van der Waals surface area contributed by atoms with Gasteiger partial charge in [0.2, 0.25) is 11.8 Å². The number of methoxy groups -OCH3 is 1. The summed E-state index contributed by atoms with van der Waals surface area (Å²) in [6.45, 7) is 14.4. The minimum atomic E-state index is -1.64. The zero-order valence-corrected chi connectivity index (χ0v) is 57.9. The molecule has 2 aromatic carbocycles. The van der Waals surface area contributed by atoms with Crippen LogP contribution in [0.4, 0.5) is 10.5 Å². The summed E-state index contributed by atoms with van der Waals surface area (Å²) in [4.78, 5) is 129. The molecular weight excluding hydrogens is 1320 g/mol. The number of hydrogen-bond donors (Lipinski definition) is 4. The number of carbonyl (C=O) groups is 9. The standard InChI is InChI=1S/C67H89Br2ClN6O15/c1-37(2)49(31-48(77)18-13-12-17-40(5)88-64(84)46(35-68)36-69)61(81)74-51(19-15-25-72-65(71)85)53(78)30-47-23-21-44-29-45(22-24-50(44)73-47)62(82)75(9)42(7)63(83)90-56-32-57(79)76(10)52-28-43(27-39(4)59(52)70)26-38(3)16-14-20-55(87-11)67(86)33-54(89-58(80)34-67)41(6)60-66(56,8)91-60/h14,16,20-24,27-29,37,40-42,46,49,51,54-56,60,86H,12-13,15,17-19,25-26,30-36H2,1-11H3,(H,74,81)(H3,71,72,85)/b20-14+,38-16+/t40?,41-,42+,49+,51+,54+,55-,56+,60+,66+,67-/m1/s1. The van der Waals surface area contributed by atoms with Crippen LogP contribution in [0.5, 0.6) is 0 Å². The fraction of sp³-hybridized carbons (Fsp3) is 0.582. The van der Waals surface area contributed by atoms with E-state index in [4.69, 9.17) is 46.0 Å². The first-order valence-corrected chi connectivity index (χ1v) is 33.7. The monoisotopic (exact) mass is 1410 g/mol. The predicted molar refractivity (Wildman–Crippen MR) is 352 cm³/mol. The Morgan fingerprint density at radius 3 is 2.36 bits per heavy atom. The predicted octanol–water partition coefficient (Wildman–Crippen LogP) is 9.10. The third-order valence-electron chi connectivity index (χ3n) is 17.7. The van der Waals surface area contributed by atoms with Crippen LogP contribution in [0.1, 0.15) is 140 Å². The molecular formula is C67H89Br2ClN6O15. The van der Waals surface area contributed by atoms with Gasteiger partial charge in [-0.25, -0.2) is 9.59 Å². The summed E-state index contributed by atoms with van der Waals surface area (Å²) in [5, 5.41) is 19.3. The number of likely N-dealkylation sites (N-methyl/N-ethyl adjacent to an activating group) is 1. The lowest BCUT2D eigenvalue weighted by Crippen LogP contribution is -2.53. The number of benzene rings is 2. The van der Waals surface area contributed by atoms with Crippen molar-refractivity contribution in [2.24, 2.45) is 29.4 Å². The summed E-state index contributed by atoms with van der Waals surface area (Å²) >= 11 is 13.5. The van der Waals surface area contributed by atoms with Crippen LogP contribution in [0.2, 0.25) is 5.02 Å². The molecule has 3 aliphatic rings. The van der Waals surface area contributed by atoms with Crippen molar-refractivity contribution in [1.82, 2.24) is 20.5 Å². The summed E-state index contributed by atoms with van der Waals surface area (Å²) in [7, 11) is 4.50. The van der Waals surface area contributed by atoms with E-state index in [0.29, 0.717) is 70.1 Å². The number of epoxide rings is 1. The Labute approximate surface area is 555 Å². The molecule has 0 spiro atoms. The van der Waals surface area contributed by atoms with Crippen molar-refractivity contribution in [3.63, 3.8) is 0 Å². The molecule has 5 N–H and O–H groups in total. The number of nitrogens with zero attached hydrogens (tertiary/aromatic N) is 3. The second kappa shape index (κ2) is 33.1. The summed E-state index contributed by atoms with van der Waals surface area (Å²) in [6, 6.07) is 8.94. The fourth-order valence-corrected chi connectivity index (χ4v) is 13.6. The van der Waals surface area contributed by atoms with Crippen molar-refractivity contribution in [2.45, 2.75) is 186 Å². The van der Waals surface area contributed by atoms with Gasteiger partial charge in [-0.2, -0.15) is 0 Å². The second-order valence-electron chi connectivity index (χ2n) is 25.2. The number of nitrogens with two attached hydrogens (primary N) is 1. The van der Waals surface area contributed by atoms with E-state index in [1.807, 2.05) is 52.8 Å². The van der Waals surface area contributed by atoms with E-state index < -0.39 is 95.2 Å². The Morgan fingerprint density at radius 2 is 1.69 bits per heavy atom. The number of carbonyl (C=O) groups excluding carboxylic acids is 9. The molecule has 2 saturated heterocycles. The van der Waals surface area contributed by atoms with Gasteiger partial charge in [0, 0.05) is 86.2 Å². The lowest BCUT2D eigenvalue weighted by atomic mass is 9.78. The number of halogens is 3. The maximum Gasteiger partial charge on any atom is 0.328 e. The van der Waals surface area contributed by atoms with Crippen LogP contribution in [0.3, 0.4) is 0 Å². The number of alkyl halides is 2. The second-order valence-corrected chi connectivity index (χ2v) is 26.9. The molecule has 0 radical (unpaired) electrons. The number of amides is 5. The van der Waals surface area contributed by atoms with Crippen LogP contribution in [-0.2, 0) is 70.1 Å². The van der Waals surface area contributed by atoms with Crippen molar-refractivity contribution in [2.75, 3.05) is 43.3 Å². The third kappa shape index (κ3) is 19.7. The van der Waals surface area contributed by atoms with E-state index in [9.17, 15) is 48.3 Å². The summed E-state index contributed by atoms with van der Waals surface area (Å²) in [5.41, 5.74) is 6.38. The summed E-state index contributed by atoms with van der Waals surface area (Å²) < 4.78 is 29.8. The normalized spacial score (nSPS) is 24.2. The highest BCUT2D eigenvalue weighted by atomic mass is 79.9. The van der Waals surface area contributed by atoms with Crippen LogP contribution >= 0.6 is 43.5 Å². The van der Waals surface area contributed by atoms with Gasteiger partial charge >= 0.3 is 23.9 Å². The van der Waals surface area contributed by atoms with Crippen LogP contribution in [0.25, 0.3) is 10.9 Å². The zero-order chi connectivity index (χ0) is 67.2. The van der Waals surface area contributed by atoms with Crippen LogP contribution < -0.4 is 21.3 Å². The van der Waals surface area contributed by atoms with Gasteiger partial charge in [0.05, 0.1) is 59.7 Å². The number of rotatable bonds is 26. The van der Waals surface area contributed by atoms with Gasteiger partial charge < -0.3 is 55.0 Å². The van der Waals surface area contributed by atoms with Gasteiger partial charge in [-0.15, -0.1) is 0 Å². The highest BCUT2D eigenvalue weighted by molar-refractivity contribution is 9.09. The van der Waals surface area contributed by atoms with E-state index in [1.165, 1.54) is 30.9 Å². The maximum atomic E-state index is 14.5. The molecule has 498 valence electrons. The molecule has 2 fully saturated rings. The van der Waals surface area contributed by atoms with Crippen LogP contribution in [0.15, 0.2) is 66.3 Å². The van der Waals surface area contributed by atoms with E-state index in [1.54, 1.807) is 63.4 Å². The molecule has 4 bridgehead atoms. The van der Waals surface area contributed by atoms with Crippen molar-refractivity contribution in [3.05, 3.63) is 93.7 Å². The summed E-state index contributed by atoms with van der Waals surface area (Å²) in [6.07, 6.45) is 3.41. The Kier molecular flexibility index (Phi) is 26.9. The number of primary amides is 1. The molecule has 6 rings (SSSR count). The van der Waals surface area contributed by atoms with Gasteiger partial charge in [-0.1, -0.05) is 100 Å². The molecule has 0 saturated carbocycles. The SMILES string of the molecule is CO[C@@H]1/C=C/C=C(\C)Cc2cc(C)c(Cl)c(c2)N(C)C(=O)C[C@H](OC(=O)[C@H](C)N(C)C(=O)c2ccc3nc(CC(=O)[C@H](CCCNC(N)=O)NC(=O)[C@@H](CC(=O)CCCCC(C)OC(=O)C(CBr)CBr)C(C)C)ccc3c2)[C@]2(C)O[C@H]2[C@H](C)[C@@H]2C[C@@]1(O)CC(=O)O2. The highest BCUT2D eigenvalue weighted by Crippen LogP contribution is 2.50. The Balaban J connectivity index is 1.15. The maximum absolute atomic E-state index is 14.5. The van der Waals surface area contributed by atoms with Gasteiger partial charge in [-0.05, 0) is 121 Å². The minimum absolute atomic E-state index is 0.00300. The quantitative estimate of drug-likeness (QED) is 0.0191. The topological polar surface area (TPSA) is 293 Å². The number of aliphatic hydroxyl groups is 1. The number of fused-ring (bicyclic) bond motifs is 6. The lowest BCUT2D eigenvalue weighted by molar-refractivity contribution is -0.187. The number of hydrogen-bond acceptors (Lipinski definition) is 16. The molecule has 91 heavy (non-hydrogen) atoms. The van der Waals surface area contributed by atoms with Crippen molar-refractivity contribution in [3.8, 4) is 0 Å². The van der Waals surface area contributed by atoms with Gasteiger partial charge in [0.1, 0.15) is 41.3 Å². The smallest absolute Gasteiger partial charge is 0.328 e. The number of unbranched alkanes of at least 4 members (excludes halogenated alkanes) is 1. The summed E-state index contributed by atoms with van der Waals surface area (Å²) in [5.74, 6) is -5.52. The molecule has 0 aliphatic carbocycles. The van der Waals surface area contributed by atoms with E-state index in [0.717, 1.165) is 16.7 Å². The Morgan fingerprint density at radius 1 is 0.978 bits per heavy atom. The first-order valence-electron chi connectivity index (χ1n) is 31.0. The fourth-order valence-electron chi connectivity index (χ4n) is 11.7. The number of nitrogens with one attached hydrogen (secondary N) is 2. The number of aromatic nitrogens is 1. The van der Waals surface area contributed by atoms with E-state index in [-0.39, 0.29) is 92.5 Å². The average Bonchev–Trinajstić information content (AvgIpc) is 1.59. The molecule has 5 amide bonds. The number of pyridine rings is 1. The number of aryl methyl sites for hydroxylation is 1. The van der Waals surface area contributed by atoms with E-state index >= 15 is 0 Å². The van der Waals surface area contributed by atoms with Gasteiger partial charge in [0.25, 0.3) is 5.91 Å². The number of anilines is 1. The molecule has 1 aromatic heterocycles. The minimum Gasteiger partial charge on any atom is -0.462 e. The van der Waals surface area contributed by atoms with Gasteiger partial charge in [0.15, 0.2) is 5.78 Å². The largest absolute Gasteiger partial charge is 0.462 e. The number of ether oxygens (including phenoxy) is 5. The molecule has 24 heteroatoms. The average molecular weight is 1410 g/mol. The lowest BCUT2D eigenvalue weighted by Gasteiger charge is -2.41. The highest BCUT2D eigenvalue weighted by Gasteiger charge is 2.64. The first-order chi connectivity index (χ1) is 42.9. The molecule has 21 nitrogen and oxygen atoms in total. The zero-order valence-electron chi connectivity index (χ0n) is 53.9. The molecule has 3 aliphatic heterocycles. The number of ketones is 2. The molecule has 3 aromatic rings. The first kappa shape index (κ1) is 73.9. The number of allylic oxidation sites excluding steroid dienone is 3. The number of urea groups is 1. The van der Waals surface area contributed by atoms with E-state index in [2.05, 4.69) is 42.5 Å². The molecule has 1 unspecified atom stereocenters. The van der Waals surface area contributed by atoms with Crippen molar-refractivity contribution < 1.29 is 71.9 Å². The third-order valence-corrected chi connectivity index (χ3v) is 19.7. The molecule has 4 heterocycles.